The van der Waals surface area contributed by atoms with Gasteiger partial charge in [-0.2, -0.15) is 0 Å². The number of imidazole rings is 1. The number of aryl methyl sites for hydroxylation is 1. The van der Waals surface area contributed by atoms with Crippen molar-refractivity contribution in [3.63, 3.8) is 0 Å². The van der Waals surface area contributed by atoms with Gasteiger partial charge in [0.15, 0.2) is 11.5 Å². The Labute approximate surface area is 166 Å². The van der Waals surface area contributed by atoms with E-state index in [4.69, 9.17) is 14.5 Å². The quantitative estimate of drug-likeness (QED) is 0.536. The Kier molecular flexibility index (Phi) is 4.05. The summed E-state index contributed by atoms with van der Waals surface area (Å²) in [6.07, 6.45) is 3.98. The number of benzene rings is 2. The fourth-order valence-electron chi connectivity index (χ4n) is 3.28. The molecule has 144 valence electrons. The summed E-state index contributed by atoms with van der Waals surface area (Å²) >= 11 is 0. The second kappa shape index (κ2) is 6.87. The molecule has 0 radical (unpaired) electrons. The predicted octanol–water partition coefficient (Wildman–Crippen LogP) is 4.68. The van der Waals surface area contributed by atoms with Crippen molar-refractivity contribution in [3.05, 3.63) is 72.6 Å². The minimum atomic E-state index is -0.333. The number of rotatable bonds is 3. The van der Waals surface area contributed by atoms with Crippen LogP contribution in [0.25, 0.3) is 16.9 Å². The molecule has 29 heavy (non-hydrogen) atoms. The smallest absolute Gasteiger partial charge is 0.323 e. The molecule has 1 aliphatic heterocycles. The lowest BCUT2D eigenvalue weighted by molar-refractivity contribution is 0.174. The number of aromatic nitrogens is 2. The third-order valence-electron chi connectivity index (χ3n) is 4.75. The van der Waals surface area contributed by atoms with E-state index >= 15 is 0 Å². The molecule has 1 aliphatic rings. The van der Waals surface area contributed by atoms with Crippen LogP contribution in [0.5, 0.6) is 11.5 Å². The minimum Gasteiger partial charge on any atom is -0.454 e. The summed E-state index contributed by atoms with van der Waals surface area (Å²) in [6.45, 7) is 2.24. The number of hydrogen-bond acceptors (Lipinski definition) is 4. The Balaban J connectivity index is 1.28. The van der Waals surface area contributed by atoms with Gasteiger partial charge in [-0.15, -0.1) is 0 Å². The van der Waals surface area contributed by atoms with Crippen LogP contribution in [0, 0.1) is 6.92 Å². The monoisotopic (exact) mass is 386 g/mol. The van der Waals surface area contributed by atoms with Crippen molar-refractivity contribution in [2.45, 2.75) is 6.92 Å². The maximum absolute atomic E-state index is 12.3. The van der Waals surface area contributed by atoms with Gasteiger partial charge in [0.2, 0.25) is 6.79 Å². The molecule has 7 nitrogen and oxygen atoms in total. The highest BCUT2D eigenvalue weighted by atomic mass is 16.7. The molecule has 0 saturated carbocycles. The van der Waals surface area contributed by atoms with Gasteiger partial charge < -0.3 is 24.5 Å². The van der Waals surface area contributed by atoms with Crippen LogP contribution in [0.3, 0.4) is 0 Å². The van der Waals surface area contributed by atoms with E-state index in [1.54, 1.807) is 18.2 Å². The molecule has 0 bridgehead atoms. The van der Waals surface area contributed by atoms with Crippen LogP contribution >= 0.6 is 0 Å². The summed E-state index contributed by atoms with van der Waals surface area (Å²) in [6, 6.07) is 16.6. The normalized spacial score (nSPS) is 12.2. The number of hydrogen-bond donors (Lipinski definition) is 2. The molecule has 4 aromatic rings. The van der Waals surface area contributed by atoms with E-state index in [1.807, 2.05) is 60.1 Å². The molecule has 7 heteroatoms. The van der Waals surface area contributed by atoms with Gasteiger partial charge in [-0.1, -0.05) is 18.2 Å². The summed E-state index contributed by atoms with van der Waals surface area (Å²) < 4.78 is 12.6. The molecule has 2 N–H and O–H groups in total. The van der Waals surface area contributed by atoms with Crippen LogP contribution in [0.4, 0.5) is 16.2 Å². The molecule has 0 saturated heterocycles. The third-order valence-corrected chi connectivity index (χ3v) is 4.75. The zero-order chi connectivity index (χ0) is 19.8. The topological polar surface area (TPSA) is 76.9 Å². The molecule has 5 rings (SSSR count). The Morgan fingerprint density at radius 2 is 1.76 bits per heavy atom. The number of carbonyl (C=O) groups excluding carboxylic acids is 1. The molecule has 2 amide bonds. The number of anilines is 2. The lowest BCUT2D eigenvalue weighted by atomic mass is 10.1. The first kappa shape index (κ1) is 17.1. The Hall–Kier alpha value is -4.00. The Morgan fingerprint density at radius 1 is 1.00 bits per heavy atom. The summed E-state index contributed by atoms with van der Waals surface area (Å²) in [7, 11) is 0. The third kappa shape index (κ3) is 3.34. The number of urea groups is 1. The molecule has 2 aromatic carbocycles. The van der Waals surface area contributed by atoms with E-state index in [9.17, 15) is 4.79 Å². The van der Waals surface area contributed by atoms with Crippen molar-refractivity contribution in [2.24, 2.45) is 0 Å². The first-order chi connectivity index (χ1) is 14.2. The number of nitrogens with zero attached hydrogens (tertiary/aromatic N) is 2. The standard InChI is InChI=1S/C22H18N4O3/c1-14-3-2-10-26-12-18(25-21(14)26)15-4-6-16(7-5-15)23-22(27)24-17-8-9-19-20(11-17)29-13-28-19/h2-12H,13H2,1H3,(H2,23,24,27). The fourth-order valence-corrected chi connectivity index (χ4v) is 3.28. The van der Waals surface area contributed by atoms with Gasteiger partial charge in [-0.25, -0.2) is 9.78 Å². The van der Waals surface area contributed by atoms with Gasteiger partial charge in [0.25, 0.3) is 0 Å². The van der Waals surface area contributed by atoms with Crippen molar-refractivity contribution in [3.8, 4) is 22.8 Å². The maximum Gasteiger partial charge on any atom is 0.323 e. The molecule has 2 aromatic heterocycles. The van der Waals surface area contributed by atoms with E-state index in [1.165, 1.54) is 0 Å². The van der Waals surface area contributed by atoms with Gasteiger partial charge in [-0.05, 0) is 42.8 Å². The SMILES string of the molecule is Cc1cccn2cc(-c3ccc(NC(=O)Nc4ccc5c(c4)OCO5)cc3)nc12. The van der Waals surface area contributed by atoms with Crippen molar-refractivity contribution < 1.29 is 14.3 Å². The maximum atomic E-state index is 12.3. The van der Waals surface area contributed by atoms with E-state index < -0.39 is 0 Å². The minimum absolute atomic E-state index is 0.198. The molecule has 3 heterocycles. The van der Waals surface area contributed by atoms with Gasteiger partial charge in [0, 0.05) is 35.4 Å². The number of ether oxygens (including phenoxy) is 2. The highest BCUT2D eigenvalue weighted by Crippen LogP contribution is 2.34. The Bertz CT molecular complexity index is 1210. The first-order valence-electron chi connectivity index (χ1n) is 9.18. The summed E-state index contributed by atoms with van der Waals surface area (Å²) in [5.41, 5.74) is 5.24. The number of amides is 2. The molecular formula is C22H18N4O3. The second-order valence-electron chi connectivity index (χ2n) is 6.77. The second-order valence-corrected chi connectivity index (χ2v) is 6.77. The highest BCUT2D eigenvalue weighted by Gasteiger charge is 2.14. The van der Waals surface area contributed by atoms with Gasteiger partial charge >= 0.3 is 6.03 Å². The van der Waals surface area contributed by atoms with Crippen LogP contribution in [0.15, 0.2) is 67.0 Å². The largest absolute Gasteiger partial charge is 0.454 e. The molecule has 0 fully saturated rings. The van der Waals surface area contributed by atoms with Gasteiger partial charge in [0.1, 0.15) is 5.65 Å². The number of fused-ring (bicyclic) bond motifs is 2. The van der Waals surface area contributed by atoms with Gasteiger partial charge in [-0.3, -0.25) is 0 Å². The fraction of sp³-hybridized carbons (Fsp3) is 0.0909. The van der Waals surface area contributed by atoms with Crippen molar-refractivity contribution in [1.82, 2.24) is 9.38 Å². The van der Waals surface area contributed by atoms with E-state index in [0.29, 0.717) is 22.9 Å². The molecule has 0 atom stereocenters. The van der Waals surface area contributed by atoms with Crippen molar-refractivity contribution in [1.29, 1.82) is 0 Å². The number of pyridine rings is 1. The van der Waals surface area contributed by atoms with E-state index in [2.05, 4.69) is 10.6 Å². The van der Waals surface area contributed by atoms with Gasteiger partial charge in [0.05, 0.1) is 5.69 Å². The first-order valence-corrected chi connectivity index (χ1v) is 9.18. The van der Waals surface area contributed by atoms with Crippen molar-refractivity contribution >= 4 is 23.1 Å². The summed E-state index contributed by atoms with van der Waals surface area (Å²) in [5, 5.41) is 5.61. The van der Waals surface area contributed by atoms with E-state index in [0.717, 1.165) is 22.5 Å². The van der Waals surface area contributed by atoms with Crippen LogP contribution in [0.1, 0.15) is 5.56 Å². The van der Waals surface area contributed by atoms with Crippen molar-refractivity contribution in [2.75, 3.05) is 17.4 Å². The Morgan fingerprint density at radius 3 is 2.59 bits per heavy atom. The van der Waals surface area contributed by atoms with Crippen LogP contribution in [-0.4, -0.2) is 22.2 Å². The number of nitrogens with one attached hydrogen (secondary N) is 2. The molecule has 0 unspecified atom stereocenters. The predicted molar refractivity (Wildman–Crippen MR) is 111 cm³/mol. The number of carbonyl (C=O) groups is 1. The average molecular weight is 386 g/mol. The lowest BCUT2D eigenvalue weighted by Gasteiger charge is -2.08. The average Bonchev–Trinajstić information content (AvgIpc) is 3.35. The summed E-state index contributed by atoms with van der Waals surface area (Å²) in [4.78, 5) is 17.0. The molecule has 0 spiro atoms. The molecular weight excluding hydrogens is 368 g/mol. The summed E-state index contributed by atoms with van der Waals surface area (Å²) in [5.74, 6) is 1.29. The van der Waals surface area contributed by atoms with E-state index in [-0.39, 0.29) is 12.8 Å². The molecule has 0 aliphatic carbocycles. The van der Waals surface area contributed by atoms with Crippen LogP contribution in [-0.2, 0) is 0 Å². The lowest BCUT2D eigenvalue weighted by Crippen LogP contribution is -2.19. The van der Waals surface area contributed by atoms with Crippen LogP contribution in [0.2, 0.25) is 0 Å². The highest BCUT2D eigenvalue weighted by molar-refractivity contribution is 6.00. The zero-order valence-electron chi connectivity index (χ0n) is 15.7. The van der Waals surface area contributed by atoms with Crippen LogP contribution < -0.4 is 20.1 Å². The zero-order valence-corrected chi connectivity index (χ0v) is 15.7.